The Morgan fingerprint density at radius 2 is 2.00 bits per heavy atom. The molecule has 4 heteroatoms. The fourth-order valence-electron chi connectivity index (χ4n) is 2.08. The van der Waals surface area contributed by atoms with E-state index < -0.39 is 0 Å². The Kier molecular flexibility index (Phi) is 2.88. The topological polar surface area (TPSA) is 30.7 Å². The average Bonchev–Trinajstić information content (AvgIpc) is 2.78. The van der Waals surface area contributed by atoms with Crippen molar-refractivity contribution in [1.82, 2.24) is 14.5 Å². The monoisotopic (exact) mass is 301 g/mol. The van der Waals surface area contributed by atoms with Crippen molar-refractivity contribution < 1.29 is 0 Å². The molecule has 0 aliphatic carbocycles. The van der Waals surface area contributed by atoms with Crippen LogP contribution in [-0.2, 0) is 6.42 Å². The predicted octanol–water partition coefficient (Wildman–Crippen LogP) is 3.75. The van der Waals surface area contributed by atoms with Crippen molar-refractivity contribution in [2.24, 2.45) is 0 Å². The summed E-state index contributed by atoms with van der Waals surface area (Å²) in [6.07, 6.45) is 2.68. The van der Waals surface area contributed by atoms with Gasteiger partial charge in [0.1, 0.15) is 11.3 Å². The molecule has 2 aromatic heterocycles. The van der Waals surface area contributed by atoms with Crippen LogP contribution in [0, 0.1) is 0 Å². The molecule has 0 spiro atoms. The largest absolute Gasteiger partial charge is 0.280 e. The number of imidazole rings is 1. The number of rotatable bonds is 2. The maximum Gasteiger partial charge on any atom is 0.164 e. The van der Waals surface area contributed by atoms with Gasteiger partial charge < -0.3 is 0 Å². The first-order valence-corrected chi connectivity index (χ1v) is 6.68. The smallest absolute Gasteiger partial charge is 0.164 e. The Balaban J connectivity index is 2.37. The molecule has 0 bridgehead atoms. The van der Waals surface area contributed by atoms with Crippen molar-refractivity contribution in [3.8, 4) is 5.69 Å². The zero-order valence-electron chi connectivity index (χ0n) is 9.97. The number of nitrogens with zero attached hydrogens (tertiary/aromatic N) is 3. The number of hydrogen-bond donors (Lipinski definition) is 0. The minimum atomic E-state index is 0.873. The minimum Gasteiger partial charge on any atom is -0.280 e. The SMILES string of the molecule is CCc1nc2cccnc2n1-c1ccccc1Br. The van der Waals surface area contributed by atoms with Gasteiger partial charge in [0.05, 0.1) is 5.69 Å². The molecule has 0 aliphatic rings. The maximum absolute atomic E-state index is 4.63. The Morgan fingerprint density at radius 1 is 1.17 bits per heavy atom. The lowest BCUT2D eigenvalue weighted by Crippen LogP contribution is -2.01. The Labute approximate surface area is 114 Å². The van der Waals surface area contributed by atoms with Gasteiger partial charge in [0.15, 0.2) is 5.65 Å². The summed E-state index contributed by atoms with van der Waals surface area (Å²) >= 11 is 3.59. The van der Waals surface area contributed by atoms with Crippen molar-refractivity contribution in [3.05, 3.63) is 52.9 Å². The highest BCUT2D eigenvalue weighted by Crippen LogP contribution is 2.26. The summed E-state index contributed by atoms with van der Waals surface area (Å²) in [7, 11) is 0. The van der Waals surface area contributed by atoms with E-state index in [0.717, 1.165) is 33.6 Å². The van der Waals surface area contributed by atoms with Gasteiger partial charge in [-0.15, -0.1) is 0 Å². The molecule has 0 amide bonds. The van der Waals surface area contributed by atoms with E-state index in [-0.39, 0.29) is 0 Å². The Morgan fingerprint density at radius 3 is 2.78 bits per heavy atom. The van der Waals surface area contributed by atoms with E-state index >= 15 is 0 Å². The van der Waals surface area contributed by atoms with Crippen molar-refractivity contribution in [1.29, 1.82) is 0 Å². The van der Waals surface area contributed by atoms with Crippen LogP contribution in [0.4, 0.5) is 0 Å². The first-order valence-electron chi connectivity index (χ1n) is 5.88. The van der Waals surface area contributed by atoms with E-state index in [1.807, 2.05) is 30.3 Å². The number of hydrogen-bond acceptors (Lipinski definition) is 2. The van der Waals surface area contributed by atoms with Gasteiger partial charge in [0.2, 0.25) is 0 Å². The van der Waals surface area contributed by atoms with Crippen molar-refractivity contribution >= 4 is 27.1 Å². The minimum absolute atomic E-state index is 0.873. The molecule has 0 unspecified atom stereocenters. The standard InChI is InChI=1S/C14H12BrN3/c1-2-13-17-11-7-5-9-16-14(11)18(13)12-8-4-3-6-10(12)15/h3-9H,2H2,1H3. The second-order valence-corrected chi connectivity index (χ2v) is 4.87. The van der Waals surface area contributed by atoms with Gasteiger partial charge in [-0.3, -0.25) is 4.57 Å². The van der Waals surface area contributed by atoms with Gasteiger partial charge >= 0.3 is 0 Å². The number of halogens is 1. The molecule has 90 valence electrons. The number of para-hydroxylation sites is 1. The van der Waals surface area contributed by atoms with Gasteiger partial charge in [0.25, 0.3) is 0 Å². The zero-order chi connectivity index (χ0) is 12.5. The second kappa shape index (κ2) is 4.53. The third-order valence-corrected chi connectivity index (χ3v) is 3.57. The van der Waals surface area contributed by atoms with Crippen LogP contribution in [0.2, 0.25) is 0 Å². The number of aryl methyl sites for hydroxylation is 1. The predicted molar refractivity (Wildman–Crippen MR) is 75.9 cm³/mol. The molecule has 2 heterocycles. The molecule has 3 rings (SSSR count). The molecular formula is C14H12BrN3. The molecule has 1 aromatic carbocycles. The molecule has 0 aliphatic heterocycles. The summed E-state index contributed by atoms with van der Waals surface area (Å²) in [5.74, 6) is 1.02. The summed E-state index contributed by atoms with van der Waals surface area (Å²) < 4.78 is 3.16. The molecule has 0 atom stereocenters. The zero-order valence-corrected chi connectivity index (χ0v) is 11.6. The fraction of sp³-hybridized carbons (Fsp3) is 0.143. The summed E-state index contributed by atoms with van der Waals surface area (Å²) in [6, 6.07) is 12.0. The van der Waals surface area contributed by atoms with Crippen LogP contribution in [0.3, 0.4) is 0 Å². The van der Waals surface area contributed by atoms with E-state index in [4.69, 9.17) is 0 Å². The van der Waals surface area contributed by atoms with Crippen LogP contribution < -0.4 is 0 Å². The highest BCUT2D eigenvalue weighted by Gasteiger charge is 2.13. The first-order chi connectivity index (χ1) is 8.81. The molecule has 0 saturated heterocycles. The van der Waals surface area contributed by atoms with Crippen LogP contribution in [0.15, 0.2) is 47.1 Å². The normalized spacial score (nSPS) is 11.0. The lowest BCUT2D eigenvalue weighted by molar-refractivity contribution is 0.898. The van der Waals surface area contributed by atoms with E-state index in [2.05, 4.69) is 43.5 Å². The summed E-state index contributed by atoms with van der Waals surface area (Å²) in [5, 5.41) is 0. The van der Waals surface area contributed by atoms with Crippen LogP contribution in [0.25, 0.3) is 16.9 Å². The van der Waals surface area contributed by atoms with E-state index in [1.54, 1.807) is 6.20 Å². The van der Waals surface area contributed by atoms with Crippen molar-refractivity contribution in [2.75, 3.05) is 0 Å². The number of aromatic nitrogens is 3. The van der Waals surface area contributed by atoms with Crippen molar-refractivity contribution in [2.45, 2.75) is 13.3 Å². The summed E-state index contributed by atoms with van der Waals surface area (Å²) in [5.41, 5.74) is 2.92. The van der Waals surface area contributed by atoms with Crippen LogP contribution in [0.5, 0.6) is 0 Å². The third kappa shape index (κ3) is 1.73. The molecule has 3 nitrogen and oxygen atoms in total. The number of fused-ring (bicyclic) bond motifs is 1. The molecular weight excluding hydrogens is 290 g/mol. The highest BCUT2D eigenvalue weighted by atomic mass is 79.9. The number of pyridine rings is 1. The van der Waals surface area contributed by atoms with Crippen LogP contribution in [-0.4, -0.2) is 14.5 Å². The average molecular weight is 302 g/mol. The van der Waals surface area contributed by atoms with Gasteiger partial charge in [-0.1, -0.05) is 19.1 Å². The lowest BCUT2D eigenvalue weighted by Gasteiger charge is -2.09. The molecule has 0 N–H and O–H groups in total. The number of benzene rings is 1. The summed E-state index contributed by atoms with van der Waals surface area (Å²) in [6.45, 7) is 2.11. The van der Waals surface area contributed by atoms with E-state index in [0.29, 0.717) is 0 Å². The third-order valence-electron chi connectivity index (χ3n) is 2.90. The molecule has 3 aromatic rings. The highest BCUT2D eigenvalue weighted by molar-refractivity contribution is 9.10. The van der Waals surface area contributed by atoms with Gasteiger partial charge in [-0.25, -0.2) is 9.97 Å². The molecule has 0 fully saturated rings. The van der Waals surface area contributed by atoms with Crippen LogP contribution >= 0.6 is 15.9 Å². The molecule has 0 saturated carbocycles. The van der Waals surface area contributed by atoms with Crippen molar-refractivity contribution in [3.63, 3.8) is 0 Å². The molecule has 18 heavy (non-hydrogen) atoms. The lowest BCUT2D eigenvalue weighted by atomic mass is 10.3. The van der Waals surface area contributed by atoms with Gasteiger partial charge in [0, 0.05) is 17.1 Å². The molecule has 0 radical (unpaired) electrons. The van der Waals surface area contributed by atoms with Gasteiger partial charge in [-0.05, 0) is 40.2 Å². The van der Waals surface area contributed by atoms with E-state index in [1.165, 1.54) is 0 Å². The Bertz CT molecular complexity index is 703. The van der Waals surface area contributed by atoms with Crippen LogP contribution in [0.1, 0.15) is 12.7 Å². The van der Waals surface area contributed by atoms with E-state index in [9.17, 15) is 0 Å². The van der Waals surface area contributed by atoms with Gasteiger partial charge in [-0.2, -0.15) is 0 Å². The maximum atomic E-state index is 4.63. The summed E-state index contributed by atoms with van der Waals surface area (Å²) in [4.78, 5) is 9.08. The first kappa shape index (κ1) is 11.4. The quantitative estimate of drug-likeness (QED) is 0.722. The Hall–Kier alpha value is -1.68. The second-order valence-electron chi connectivity index (χ2n) is 4.01. The fourth-order valence-corrected chi connectivity index (χ4v) is 2.54.